The Morgan fingerprint density at radius 2 is 1.74 bits per heavy atom. The molecule has 0 radical (unpaired) electrons. The van der Waals surface area contributed by atoms with E-state index in [9.17, 15) is 0 Å². The van der Waals surface area contributed by atoms with Crippen LogP contribution in [-0.4, -0.2) is 16.2 Å². The zero-order valence-corrected chi connectivity index (χ0v) is 12.4. The molecule has 3 nitrogen and oxygen atoms in total. The van der Waals surface area contributed by atoms with Crippen LogP contribution in [-0.2, 0) is 0 Å². The van der Waals surface area contributed by atoms with Gasteiger partial charge in [0.25, 0.3) is 0 Å². The van der Waals surface area contributed by atoms with Crippen molar-refractivity contribution in [1.29, 1.82) is 0 Å². The lowest BCUT2D eigenvalue weighted by Crippen LogP contribution is -2.17. The van der Waals surface area contributed by atoms with Gasteiger partial charge in [-0.1, -0.05) is 49.7 Å². The summed E-state index contributed by atoms with van der Waals surface area (Å²) in [7, 11) is 0. The number of benzene rings is 1. The van der Waals surface area contributed by atoms with Gasteiger partial charge in [0.15, 0.2) is 11.0 Å². The van der Waals surface area contributed by atoms with E-state index in [1.165, 1.54) is 6.42 Å². The van der Waals surface area contributed by atoms with Crippen LogP contribution in [0.3, 0.4) is 0 Å². The first-order chi connectivity index (χ1) is 9.08. The fourth-order valence-electron chi connectivity index (χ4n) is 2.07. The van der Waals surface area contributed by atoms with E-state index in [0.29, 0.717) is 11.2 Å². The maximum atomic E-state index is 6.07. The molecule has 1 atom stereocenters. The number of hydrogen-bond donors (Lipinski definition) is 1. The summed E-state index contributed by atoms with van der Waals surface area (Å²) in [5.41, 5.74) is 0. The van der Waals surface area contributed by atoms with Crippen molar-refractivity contribution in [3.63, 3.8) is 0 Å². The molecule has 0 spiro atoms. The van der Waals surface area contributed by atoms with Crippen LogP contribution in [0.1, 0.15) is 33.6 Å². The number of nitrogens with zero attached hydrogens (tertiary/aromatic N) is 2. The highest BCUT2D eigenvalue weighted by atomic mass is 35.5. The van der Waals surface area contributed by atoms with Gasteiger partial charge in [0, 0.05) is 16.8 Å². The second kappa shape index (κ2) is 6.20. The van der Waals surface area contributed by atoms with Gasteiger partial charge in [0.1, 0.15) is 0 Å². The fraction of sp³-hybridized carbons (Fsp3) is 0.467. The van der Waals surface area contributed by atoms with Crippen molar-refractivity contribution < 1.29 is 0 Å². The summed E-state index contributed by atoms with van der Waals surface area (Å²) in [6.07, 6.45) is 2.32. The molecular weight excluding hydrogens is 258 g/mol. The summed E-state index contributed by atoms with van der Waals surface area (Å²) in [6, 6.07) is 8.32. The third-order valence-electron chi connectivity index (χ3n) is 3.20. The SMILES string of the molecule is CC(C)CCC(C)Nc1nnc(Cl)c2ccccc12. The summed E-state index contributed by atoms with van der Waals surface area (Å²) in [4.78, 5) is 0. The molecule has 0 aliphatic heterocycles. The van der Waals surface area contributed by atoms with Crippen LogP contribution in [0.25, 0.3) is 10.8 Å². The Morgan fingerprint density at radius 1 is 1.05 bits per heavy atom. The third-order valence-corrected chi connectivity index (χ3v) is 3.48. The van der Waals surface area contributed by atoms with E-state index < -0.39 is 0 Å². The molecule has 0 saturated carbocycles. The van der Waals surface area contributed by atoms with Crippen LogP contribution in [0, 0.1) is 5.92 Å². The zero-order valence-electron chi connectivity index (χ0n) is 11.7. The lowest BCUT2D eigenvalue weighted by molar-refractivity contribution is 0.527. The molecule has 1 aromatic heterocycles. The Kier molecular flexibility index (Phi) is 4.59. The van der Waals surface area contributed by atoms with Crippen LogP contribution in [0.4, 0.5) is 5.82 Å². The van der Waals surface area contributed by atoms with Gasteiger partial charge in [-0.15, -0.1) is 10.2 Å². The Labute approximate surface area is 119 Å². The van der Waals surface area contributed by atoms with Gasteiger partial charge in [-0.2, -0.15) is 0 Å². The average molecular weight is 278 g/mol. The molecule has 1 heterocycles. The largest absolute Gasteiger partial charge is 0.366 e. The lowest BCUT2D eigenvalue weighted by Gasteiger charge is -2.16. The highest BCUT2D eigenvalue weighted by molar-refractivity contribution is 6.34. The van der Waals surface area contributed by atoms with Gasteiger partial charge in [-0.05, 0) is 25.7 Å². The van der Waals surface area contributed by atoms with E-state index in [1.54, 1.807) is 0 Å². The van der Waals surface area contributed by atoms with E-state index in [1.807, 2.05) is 24.3 Å². The summed E-state index contributed by atoms with van der Waals surface area (Å²) in [6.45, 7) is 6.65. The van der Waals surface area contributed by atoms with Crippen LogP contribution in [0.15, 0.2) is 24.3 Å². The molecule has 102 valence electrons. The van der Waals surface area contributed by atoms with Gasteiger partial charge in [-0.3, -0.25) is 0 Å². The first kappa shape index (κ1) is 14.1. The molecule has 1 aromatic carbocycles. The predicted molar refractivity (Wildman–Crippen MR) is 81.7 cm³/mol. The fourth-order valence-corrected chi connectivity index (χ4v) is 2.27. The van der Waals surface area contributed by atoms with E-state index in [0.717, 1.165) is 28.9 Å². The number of nitrogens with one attached hydrogen (secondary N) is 1. The van der Waals surface area contributed by atoms with Gasteiger partial charge in [-0.25, -0.2) is 0 Å². The molecule has 2 aromatic rings. The molecule has 0 bridgehead atoms. The maximum absolute atomic E-state index is 6.07. The molecule has 0 fully saturated rings. The van der Waals surface area contributed by atoms with Crippen LogP contribution < -0.4 is 5.32 Å². The van der Waals surface area contributed by atoms with Crippen LogP contribution in [0.5, 0.6) is 0 Å². The molecule has 0 amide bonds. The van der Waals surface area contributed by atoms with Crippen molar-refractivity contribution in [3.8, 4) is 0 Å². The highest BCUT2D eigenvalue weighted by Gasteiger charge is 2.10. The summed E-state index contributed by atoms with van der Waals surface area (Å²) >= 11 is 6.07. The Balaban J connectivity index is 2.19. The predicted octanol–water partition coefficient (Wildman–Crippen LogP) is 4.52. The molecule has 1 unspecified atom stereocenters. The van der Waals surface area contributed by atoms with Crippen molar-refractivity contribution in [1.82, 2.24) is 10.2 Å². The van der Waals surface area contributed by atoms with Gasteiger partial charge >= 0.3 is 0 Å². The average Bonchev–Trinajstić information content (AvgIpc) is 2.40. The van der Waals surface area contributed by atoms with Gasteiger partial charge < -0.3 is 5.32 Å². The number of aromatic nitrogens is 2. The summed E-state index contributed by atoms with van der Waals surface area (Å²) in [5.74, 6) is 1.54. The lowest BCUT2D eigenvalue weighted by atomic mass is 10.0. The van der Waals surface area contributed by atoms with E-state index >= 15 is 0 Å². The van der Waals surface area contributed by atoms with E-state index in [2.05, 4.69) is 36.3 Å². The quantitative estimate of drug-likeness (QED) is 0.873. The molecule has 2 rings (SSSR count). The maximum Gasteiger partial charge on any atom is 0.159 e. The monoisotopic (exact) mass is 277 g/mol. The normalized spacial score (nSPS) is 12.9. The topological polar surface area (TPSA) is 37.8 Å². The van der Waals surface area contributed by atoms with Crippen molar-refractivity contribution in [3.05, 3.63) is 29.4 Å². The first-order valence-corrected chi connectivity index (χ1v) is 7.13. The second-order valence-corrected chi connectivity index (χ2v) is 5.76. The van der Waals surface area contributed by atoms with E-state index in [4.69, 9.17) is 11.6 Å². The first-order valence-electron chi connectivity index (χ1n) is 6.75. The third kappa shape index (κ3) is 3.57. The number of halogens is 1. The number of anilines is 1. The number of fused-ring (bicyclic) bond motifs is 1. The number of rotatable bonds is 5. The van der Waals surface area contributed by atoms with Crippen molar-refractivity contribution in [2.75, 3.05) is 5.32 Å². The Hall–Kier alpha value is -1.35. The smallest absolute Gasteiger partial charge is 0.159 e. The molecule has 1 N–H and O–H groups in total. The minimum Gasteiger partial charge on any atom is -0.366 e. The van der Waals surface area contributed by atoms with Crippen LogP contribution in [0.2, 0.25) is 5.15 Å². The molecule has 0 aliphatic carbocycles. The Morgan fingerprint density at radius 3 is 2.42 bits per heavy atom. The highest BCUT2D eigenvalue weighted by Crippen LogP contribution is 2.26. The minimum atomic E-state index is 0.376. The van der Waals surface area contributed by atoms with Gasteiger partial charge in [0.05, 0.1) is 0 Å². The van der Waals surface area contributed by atoms with Crippen LogP contribution >= 0.6 is 11.6 Å². The molecule has 0 saturated heterocycles. The molecule has 4 heteroatoms. The number of hydrogen-bond acceptors (Lipinski definition) is 3. The Bertz CT molecular complexity index is 554. The summed E-state index contributed by atoms with van der Waals surface area (Å²) in [5, 5.41) is 14.0. The zero-order chi connectivity index (χ0) is 13.8. The molecule has 0 aliphatic rings. The minimum absolute atomic E-state index is 0.376. The van der Waals surface area contributed by atoms with Crippen molar-refractivity contribution in [2.24, 2.45) is 5.92 Å². The second-order valence-electron chi connectivity index (χ2n) is 5.40. The standard InChI is InChI=1S/C15H20ClN3/c1-10(2)8-9-11(3)17-15-13-7-5-4-6-12(13)14(16)18-19-15/h4-7,10-11H,8-9H2,1-3H3,(H,17,19). The van der Waals surface area contributed by atoms with E-state index in [-0.39, 0.29) is 0 Å². The van der Waals surface area contributed by atoms with Crippen molar-refractivity contribution in [2.45, 2.75) is 39.7 Å². The molecular formula is C15H20ClN3. The van der Waals surface area contributed by atoms with Gasteiger partial charge in [0.2, 0.25) is 0 Å². The van der Waals surface area contributed by atoms with Crippen molar-refractivity contribution >= 4 is 28.2 Å². The summed E-state index contributed by atoms with van der Waals surface area (Å²) < 4.78 is 0. The molecule has 19 heavy (non-hydrogen) atoms.